The molecule has 2 bridgehead atoms. The average Bonchev–Trinajstić information content (AvgIpc) is 3.03. The van der Waals surface area contributed by atoms with Crippen LogP contribution >= 0.6 is 58.4 Å². The first-order valence-corrected chi connectivity index (χ1v) is 10.3. The molecule has 0 nitrogen and oxygen atoms in total. The normalized spacial score (nSPS) is 47.1. The Hall–Kier alpha value is 0.710. The van der Waals surface area contributed by atoms with Gasteiger partial charge in [-0.05, 0) is 36.5 Å². The van der Waals surface area contributed by atoms with E-state index in [2.05, 4.69) is 35.7 Å². The van der Waals surface area contributed by atoms with E-state index < -0.39 is 0 Å². The Balaban J connectivity index is 1.55. The maximum atomic E-state index is 5.36. The molecule has 3 aliphatic carbocycles. The Labute approximate surface area is 128 Å². The third-order valence-electron chi connectivity index (χ3n) is 4.96. The molecular formula is C13H12S5. The van der Waals surface area contributed by atoms with Crippen LogP contribution in [0.3, 0.4) is 0 Å². The first kappa shape index (κ1) is 11.4. The van der Waals surface area contributed by atoms with Crippen LogP contribution in [0.4, 0.5) is 0 Å². The molecule has 5 rings (SSSR count). The number of rotatable bonds is 0. The van der Waals surface area contributed by atoms with Gasteiger partial charge in [0.05, 0.1) is 8.42 Å². The number of fused-ring (bicyclic) bond motifs is 8. The van der Waals surface area contributed by atoms with Gasteiger partial charge in [0, 0.05) is 10.5 Å². The summed E-state index contributed by atoms with van der Waals surface area (Å²) in [5.74, 6) is 3.78. The lowest BCUT2D eigenvalue weighted by atomic mass is 9.86. The van der Waals surface area contributed by atoms with Gasteiger partial charge in [0.15, 0.2) is 0 Å². The number of hydrogen-bond acceptors (Lipinski definition) is 5. The van der Waals surface area contributed by atoms with Crippen molar-refractivity contribution < 1.29 is 0 Å². The summed E-state index contributed by atoms with van der Waals surface area (Å²) in [6.07, 6.45) is 7.94. The van der Waals surface area contributed by atoms with Crippen LogP contribution in [0.25, 0.3) is 0 Å². The molecule has 0 N–H and O–H groups in total. The van der Waals surface area contributed by atoms with E-state index >= 15 is 0 Å². The molecule has 6 atom stereocenters. The van der Waals surface area contributed by atoms with Crippen molar-refractivity contribution in [1.82, 2.24) is 0 Å². The molecule has 0 spiro atoms. The fourth-order valence-corrected chi connectivity index (χ4v) is 11.8. The summed E-state index contributed by atoms with van der Waals surface area (Å²) in [6, 6.07) is 0. The highest BCUT2D eigenvalue weighted by Crippen LogP contribution is 2.65. The van der Waals surface area contributed by atoms with Crippen LogP contribution in [0, 0.1) is 26.8 Å². The molecule has 18 heavy (non-hydrogen) atoms. The maximum Gasteiger partial charge on any atom is 0.145 e. The van der Waals surface area contributed by atoms with E-state index in [1.165, 1.54) is 21.3 Å². The van der Waals surface area contributed by atoms with Gasteiger partial charge in [-0.1, -0.05) is 24.4 Å². The summed E-state index contributed by atoms with van der Waals surface area (Å²) in [6.45, 7) is 0. The van der Waals surface area contributed by atoms with Gasteiger partial charge < -0.3 is 0 Å². The highest BCUT2D eigenvalue weighted by Gasteiger charge is 2.56. The summed E-state index contributed by atoms with van der Waals surface area (Å²) >= 11 is 13.4. The second-order valence-corrected chi connectivity index (χ2v) is 11.9. The Morgan fingerprint density at radius 3 is 2.67 bits per heavy atom. The third kappa shape index (κ3) is 1.43. The molecular weight excluding hydrogens is 316 g/mol. The monoisotopic (exact) mass is 328 g/mol. The minimum Gasteiger partial charge on any atom is -0.109 e. The molecule has 0 amide bonds. The fraction of sp³-hybridized carbons (Fsp3) is 0.615. The molecule has 2 heterocycles. The van der Waals surface area contributed by atoms with Crippen LogP contribution in [0.1, 0.15) is 12.8 Å². The molecule has 1 aromatic heterocycles. The summed E-state index contributed by atoms with van der Waals surface area (Å²) in [7, 11) is 0. The van der Waals surface area contributed by atoms with Gasteiger partial charge in [-0.2, -0.15) is 0 Å². The van der Waals surface area contributed by atoms with Crippen LogP contribution < -0.4 is 0 Å². The topological polar surface area (TPSA) is 0 Å². The van der Waals surface area contributed by atoms with E-state index in [-0.39, 0.29) is 0 Å². The van der Waals surface area contributed by atoms with Gasteiger partial charge in [-0.3, -0.25) is 0 Å². The standard InChI is InChI=1S/C13H12S5/c14-13-17-11-12(18-13)16-10-8(15-11)4-7-5-1-2-6(3-5)9(7)10/h1-2,5-10H,3-4H2/t5-,6+,7+,8-,9-,10+/m1/s1. The lowest BCUT2D eigenvalue weighted by Gasteiger charge is -2.29. The Morgan fingerprint density at radius 1 is 1.00 bits per heavy atom. The first-order chi connectivity index (χ1) is 8.79. The number of hydrogen-bond donors (Lipinski definition) is 0. The first-order valence-electron chi connectivity index (χ1n) is 6.45. The molecule has 1 aliphatic heterocycles. The average molecular weight is 329 g/mol. The van der Waals surface area contributed by atoms with Crippen LogP contribution in [0.2, 0.25) is 0 Å². The van der Waals surface area contributed by atoms with Gasteiger partial charge in [0.2, 0.25) is 0 Å². The van der Waals surface area contributed by atoms with Gasteiger partial charge >= 0.3 is 0 Å². The zero-order valence-electron chi connectivity index (χ0n) is 9.57. The van der Waals surface area contributed by atoms with Crippen molar-refractivity contribution in [2.24, 2.45) is 23.7 Å². The molecule has 0 unspecified atom stereocenters. The summed E-state index contributed by atoms with van der Waals surface area (Å²) < 4.78 is 4.17. The van der Waals surface area contributed by atoms with Crippen molar-refractivity contribution in [2.45, 2.75) is 31.8 Å². The number of thioether (sulfide) groups is 2. The predicted octanol–water partition coefficient (Wildman–Crippen LogP) is 5.32. The van der Waals surface area contributed by atoms with Crippen LogP contribution in [-0.2, 0) is 0 Å². The number of allylic oxidation sites excluding steroid dienone is 2. The molecule has 5 heteroatoms. The largest absolute Gasteiger partial charge is 0.145 e. The second-order valence-electron chi connectivity index (χ2n) is 5.69. The molecule has 2 saturated carbocycles. The molecule has 1 aromatic rings. The Bertz CT molecular complexity index is 597. The smallest absolute Gasteiger partial charge is 0.109 e. The summed E-state index contributed by atoms with van der Waals surface area (Å²) in [4.78, 5) is 0. The maximum absolute atomic E-state index is 5.36. The van der Waals surface area contributed by atoms with Crippen molar-refractivity contribution in [1.29, 1.82) is 0 Å². The van der Waals surface area contributed by atoms with Crippen molar-refractivity contribution in [3.63, 3.8) is 0 Å². The quantitative estimate of drug-likeness (QED) is 0.467. The van der Waals surface area contributed by atoms with Gasteiger partial charge in [0.25, 0.3) is 0 Å². The van der Waals surface area contributed by atoms with E-state index in [0.717, 1.165) is 37.3 Å². The van der Waals surface area contributed by atoms with Crippen LogP contribution in [-0.4, -0.2) is 10.5 Å². The SMILES string of the molecule is S=c1sc2c(s1)S[C@@H]1C[C@@H]3[C@H]([C@H]1S2)[C@H]1C=C[C@@H]3C1. The van der Waals surface area contributed by atoms with E-state index in [0.29, 0.717) is 0 Å². The molecule has 2 fully saturated rings. The summed E-state index contributed by atoms with van der Waals surface area (Å²) in [5, 5.41) is 1.73. The zero-order valence-corrected chi connectivity index (χ0v) is 13.7. The zero-order chi connectivity index (χ0) is 11.9. The van der Waals surface area contributed by atoms with E-state index in [9.17, 15) is 0 Å². The highest BCUT2D eigenvalue weighted by molar-refractivity contribution is 8.09. The van der Waals surface area contributed by atoms with E-state index in [4.69, 9.17) is 12.2 Å². The second kappa shape index (κ2) is 3.88. The van der Waals surface area contributed by atoms with E-state index in [1.807, 2.05) is 22.7 Å². The van der Waals surface area contributed by atoms with Gasteiger partial charge in [-0.15, -0.1) is 46.2 Å². The molecule has 0 aromatic carbocycles. The van der Waals surface area contributed by atoms with Crippen molar-refractivity contribution in [3.8, 4) is 0 Å². The molecule has 0 radical (unpaired) electrons. The predicted molar refractivity (Wildman–Crippen MR) is 84.7 cm³/mol. The van der Waals surface area contributed by atoms with Crippen molar-refractivity contribution >= 4 is 58.4 Å². The van der Waals surface area contributed by atoms with Crippen LogP contribution in [0.5, 0.6) is 0 Å². The molecule has 94 valence electrons. The lowest BCUT2D eigenvalue weighted by molar-refractivity contribution is 0.369. The van der Waals surface area contributed by atoms with Crippen molar-refractivity contribution in [3.05, 3.63) is 15.3 Å². The van der Waals surface area contributed by atoms with Gasteiger partial charge in [0.1, 0.15) is 3.14 Å². The van der Waals surface area contributed by atoms with Crippen molar-refractivity contribution in [2.75, 3.05) is 0 Å². The van der Waals surface area contributed by atoms with Crippen LogP contribution in [0.15, 0.2) is 20.6 Å². The third-order valence-corrected chi connectivity index (χ3v) is 11.4. The van der Waals surface area contributed by atoms with Gasteiger partial charge in [-0.25, -0.2) is 0 Å². The Morgan fingerprint density at radius 2 is 1.78 bits per heavy atom. The fourth-order valence-electron chi connectivity index (χ4n) is 4.36. The van der Waals surface area contributed by atoms with E-state index in [1.54, 1.807) is 0 Å². The minimum atomic E-state index is 0.864. The molecule has 0 saturated heterocycles. The summed E-state index contributed by atoms with van der Waals surface area (Å²) in [5.41, 5.74) is 0. The lowest BCUT2D eigenvalue weighted by Crippen LogP contribution is -2.26. The molecule has 4 aliphatic rings. The minimum absolute atomic E-state index is 0.864. The Kier molecular flexibility index (Phi) is 2.45. The highest BCUT2D eigenvalue weighted by atomic mass is 32.2.